The standard InChI is InChI=1S/C10H6F2N2OS2/c11-6-1-2-7(8(12)3-6)9(15)4-16-10-13-5-14-17-10/h1-3,5H,4H2. The molecule has 2 rings (SSSR count). The van der Waals surface area contributed by atoms with E-state index in [2.05, 4.69) is 9.36 Å². The minimum atomic E-state index is -0.840. The van der Waals surface area contributed by atoms with Gasteiger partial charge in [-0.05, 0) is 23.7 Å². The first-order chi connectivity index (χ1) is 8.16. The Hall–Kier alpha value is -1.34. The van der Waals surface area contributed by atoms with Crippen molar-refractivity contribution in [3.63, 3.8) is 0 Å². The molecular weight excluding hydrogens is 266 g/mol. The highest BCUT2D eigenvalue weighted by molar-refractivity contribution is 8.01. The Morgan fingerprint density at radius 2 is 2.24 bits per heavy atom. The van der Waals surface area contributed by atoms with Crippen LogP contribution in [0.2, 0.25) is 0 Å². The lowest BCUT2D eigenvalue weighted by Crippen LogP contribution is -2.05. The molecule has 0 unspecified atom stereocenters. The molecule has 0 fully saturated rings. The van der Waals surface area contributed by atoms with Gasteiger partial charge in [0.05, 0.1) is 11.3 Å². The Labute approximate surface area is 104 Å². The molecule has 88 valence electrons. The molecule has 0 aliphatic rings. The second-order valence-electron chi connectivity index (χ2n) is 3.04. The molecule has 0 amide bonds. The molecule has 0 saturated carbocycles. The molecule has 0 radical (unpaired) electrons. The first kappa shape index (κ1) is 12.1. The van der Waals surface area contributed by atoms with E-state index < -0.39 is 17.4 Å². The van der Waals surface area contributed by atoms with Crippen molar-refractivity contribution in [1.29, 1.82) is 0 Å². The van der Waals surface area contributed by atoms with E-state index in [0.29, 0.717) is 10.4 Å². The second-order valence-corrected chi connectivity index (χ2v) is 5.05. The SMILES string of the molecule is O=C(CSc1ncns1)c1ccc(F)cc1F. The predicted molar refractivity (Wildman–Crippen MR) is 61.3 cm³/mol. The van der Waals surface area contributed by atoms with Gasteiger partial charge in [0.25, 0.3) is 0 Å². The van der Waals surface area contributed by atoms with Gasteiger partial charge in [-0.1, -0.05) is 11.8 Å². The zero-order chi connectivity index (χ0) is 12.3. The molecule has 7 heteroatoms. The number of nitrogens with zero attached hydrogens (tertiary/aromatic N) is 2. The first-order valence-corrected chi connectivity index (χ1v) is 6.30. The van der Waals surface area contributed by atoms with E-state index in [1.807, 2.05) is 0 Å². The number of carbonyl (C=O) groups excluding carboxylic acids is 1. The predicted octanol–water partition coefficient (Wildman–Crippen LogP) is 2.79. The van der Waals surface area contributed by atoms with Crippen molar-refractivity contribution in [2.45, 2.75) is 4.34 Å². The van der Waals surface area contributed by atoms with Crippen molar-refractivity contribution in [1.82, 2.24) is 9.36 Å². The topological polar surface area (TPSA) is 42.9 Å². The van der Waals surface area contributed by atoms with Crippen molar-refractivity contribution >= 4 is 29.1 Å². The van der Waals surface area contributed by atoms with Crippen LogP contribution < -0.4 is 0 Å². The van der Waals surface area contributed by atoms with Gasteiger partial charge in [-0.25, -0.2) is 13.8 Å². The fraction of sp³-hybridized carbons (Fsp3) is 0.100. The summed E-state index contributed by atoms with van der Waals surface area (Å²) in [7, 11) is 0. The molecule has 17 heavy (non-hydrogen) atoms. The lowest BCUT2D eigenvalue weighted by Gasteiger charge is -2.01. The maximum atomic E-state index is 13.3. The van der Waals surface area contributed by atoms with E-state index in [0.717, 1.165) is 23.7 Å². The number of halogens is 2. The fourth-order valence-corrected chi connectivity index (χ4v) is 2.47. The van der Waals surface area contributed by atoms with Gasteiger partial charge in [-0.3, -0.25) is 4.79 Å². The number of thioether (sulfide) groups is 1. The van der Waals surface area contributed by atoms with Gasteiger partial charge in [0.15, 0.2) is 10.1 Å². The summed E-state index contributed by atoms with van der Waals surface area (Å²) in [6.07, 6.45) is 1.38. The summed E-state index contributed by atoms with van der Waals surface area (Å²) < 4.78 is 30.3. The zero-order valence-corrected chi connectivity index (χ0v) is 10.0. The van der Waals surface area contributed by atoms with Crippen molar-refractivity contribution < 1.29 is 13.6 Å². The van der Waals surface area contributed by atoms with Crippen LogP contribution in [-0.2, 0) is 0 Å². The highest BCUT2D eigenvalue weighted by Gasteiger charge is 2.13. The van der Waals surface area contributed by atoms with Gasteiger partial charge in [0, 0.05) is 6.07 Å². The fourth-order valence-electron chi connectivity index (χ4n) is 1.15. The van der Waals surface area contributed by atoms with Crippen LogP contribution in [0, 0.1) is 11.6 Å². The Morgan fingerprint density at radius 1 is 1.41 bits per heavy atom. The second kappa shape index (κ2) is 5.33. The molecule has 0 spiro atoms. The lowest BCUT2D eigenvalue weighted by molar-refractivity contribution is 0.101. The third-order valence-electron chi connectivity index (χ3n) is 1.90. The van der Waals surface area contributed by atoms with Crippen molar-refractivity contribution in [2.75, 3.05) is 5.75 Å². The maximum absolute atomic E-state index is 13.3. The summed E-state index contributed by atoms with van der Waals surface area (Å²) >= 11 is 2.34. The van der Waals surface area contributed by atoms with Crippen LogP contribution in [0.25, 0.3) is 0 Å². The normalized spacial score (nSPS) is 10.5. The van der Waals surface area contributed by atoms with Crippen LogP contribution >= 0.6 is 23.3 Å². The molecule has 0 atom stereocenters. The number of benzene rings is 1. The van der Waals surface area contributed by atoms with E-state index in [9.17, 15) is 13.6 Å². The monoisotopic (exact) mass is 272 g/mol. The molecular formula is C10H6F2N2OS2. The molecule has 0 N–H and O–H groups in total. The highest BCUT2D eigenvalue weighted by atomic mass is 32.2. The van der Waals surface area contributed by atoms with Gasteiger partial charge in [0.2, 0.25) is 0 Å². The van der Waals surface area contributed by atoms with Gasteiger partial charge in [0.1, 0.15) is 18.0 Å². The highest BCUT2D eigenvalue weighted by Crippen LogP contribution is 2.20. The maximum Gasteiger partial charge on any atom is 0.176 e. The molecule has 2 aromatic rings. The molecule has 1 aromatic heterocycles. The van der Waals surface area contributed by atoms with Gasteiger partial charge in [-0.2, -0.15) is 4.37 Å². The molecule has 0 aliphatic carbocycles. The summed E-state index contributed by atoms with van der Waals surface area (Å²) in [5, 5.41) is 0. The van der Waals surface area contributed by atoms with Gasteiger partial charge in [-0.15, -0.1) is 0 Å². The molecule has 0 bridgehead atoms. The summed E-state index contributed by atoms with van der Waals surface area (Å²) in [5.74, 6) is -1.89. The largest absolute Gasteiger partial charge is 0.293 e. The molecule has 0 saturated heterocycles. The summed E-state index contributed by atoms with van der Waals surface area (Å²) in [6, 6.07) is 2.91. The average Bonchev–Trinajstić information content (AvgIpc) is 2.78. The molecule has 0 aliphatic heterocycles. The number of ketones is 1. The Morgan fingerprint density at radius 3 is 2.88 bits per heavy atom. The van der Waals surface area contributed by atoms with Crippen LogP contribution in [-0.4, -0.2) is 20.9 Å². The van der Waals surface area contributed by atoms with Crippen LogP contribution in [0.3, 0.4) is 0 Å². The van der Waals surface area contributed by atoms with Crippen molar-refractivity contribution in [3.8, 4) is 0 Å². The number of carbonyl (C=O) groups is 1. The third-order valence-corrected chi connectivity index (χ3v) is 3.70. The number of aromatic nitrogens is 2. The van der Waals surface area contributed by atoms with Crippen molar-refractivity contribution in [2.24, 2.45) is 0 Å². The van der Waals surface area contributed by atoms with Crippen LogP contribution in [0.1, 0.15) is 10.4 Å². The number of rotatable bonds is 4. The zero-order valence-electron chi connectivity index (χ0n) is 8.39. The summed E-state index contributed by atoms with van der Waals surface area (Å²) in [4.78, 5) is 15.5. The first-order valence-electron chi connectivity index (χ1n) is 4.54. The molecule has 1 aromatic carbocycles. The van der Waals surface area contributed by atoms with Crippen LogP contribution in [0.15, 0.2) is 28.9 Å². The Kier molecular flexibility index (Phi) is 3.80. The van der Waals surface area contributed by atoms with Crippen LogP contribution in [0.4, 0.5) is 8.78 Å². The lowest BCUT2D eigenvalue weighted by atomic mass is 10.1. The summed E-state index contributed by atoms with van der Waals surface area (Å²) in [5.41, 5.74) is -0.108. The van der Waals surface area contributed by atoms with Crippen molar-refractivity contribution in [3.05, 3.63) is 41.7 Å². The quantitative estimate of drug-likeness (QED) is 0.634. The summed E-state index contributed by atoms with van der Waals surface area (Å²) in [6.45, 7) is 0. The van der Waals surface area contributed by atoms with Gasteiger partial charge >= 0.3 is 0 Å². The molecule has 1 heterocycles. The van der Waals surface area contributed by atoms with E-state index >= 15 is 0 Å². The minimum absolute atomic E-state index is 0.0533. The van der Waals surface area contributed by atoms with E-state index in [-0.39, 0.29) is 11.3 Å². The Balaban J connectivity index is 2.04. The molecule has 3 nitrogen and oxygen atoms in total. The third kappa shape index (κ3) is 3.07. The van der Waals surface area contributed by atoms with Crippen LogP contribution in [0.5, 0.6) is 0 Å². The number of hydrogen-bond donors (Lipinski definition) is 0. The minimum Gasteiger partial charge on any atom is -0.293 e. The van der Waals surface area contributed by atoms with E-state index in [1.165, 1.54) is 18.1 Å². The van der Waals surface area contributed by atoms with E-state index in [1.54, 1.807) is 0 Å². The number of hydrogen-bond acceptors (Lipinski definition) is 5. The average molecular weight is 272 g/mol. The van der Waals surface area contributed by atoms with Gasteiger partial charge < -0.3 is 0 Å². The smallest absolute Gasteiger partial charge is 0.176 e. The van der Waals surface area contributed by atoms with E-state index in [4.69, 9.17) is 0 Å². The Bertz CT molecular complexity index is 531. The number of Topliss-reactive ketones (excluding diaryl/α,β-unsaturated/α-hetero) is 1.